The van der Waals surface area contributed by atoms with Gasteiger partial charge in [0.05, 0.1) is 13.2 Å². The zero-order valence-corrected chi connectivity index (χ0v) is 4.94. The van der Waals surface area contributed by atoms with Crippen molar-refractivity contribution in [3.8, 4) is 0 Å². The molecular formula is C4H6F3NO2. The molecule has 0 aromatic heterocycles. The van der Waals surface area contributed by atoms with E-state index in [1.165, 1.54) is 0 Å². The second-order valence-corrected chi connectivity index (χ2v) is 1.85. The van der Waals surface area contributed by atoms with E-state index < -0.39 is 12.5 Å². The van der Waals surface area contributed by atoms with E-state index in [1.807, 2.05) is 0 Å². The van der Waals surface area contributed by atoms with Gasteiger partial charge < -0.3 is 0 Å². The number of ether oxygens (including phenoxy) is 1. The van der Waals surface area contributed by atoms with Crippen LogP contribution in [0.5, 0.6) is 0 Å². The Hall–Kier alpha value is -0.330. The zero-order valence-electron chi connectivity index (χ0n) is 4.94. The highest BCUT2D eigenvalue weighted by molar-refractivity contribution is 4.62. The van der Waals surface area contributed by atoms with Crippen LogP contribution in [0.25, 0.3) is 0 Å². The Balaban J connectivity index is 2.24. The van der Waals surface area contributed by atoms with Crippen molar-refractivity contribution in [1.29, 1.82) is 0 Å². The van der Waals surface area contributed by atoms with Crippen LogP contribution in [-0.4, -0.2) is 25.6 Å². The van der Waals surface area contributed by atoms with E-state index in [0.29, 0.717) is 0 Å². The van der Waals surface area contributed by atoms with Crippen LogP contribution in [0.2, 0.25) is 0 Å². The maximum atomic E-state index is 11.4. The number of nitrogens with one attached hydrogen (secondary N) is 1. The van der Waals surface area contributed by atoms with Crippen molar-refractivity contribution in [1.82, 2.24) is 5.48 Å². The maximum absolute atomic E-state index is 11.4. The SMILES string of the molecule is FC(F)(F)OC1CNOC1. The molecule has 1 rings (SSSR count). The predicted octanol–water partition coefficient (Wildman–Crippen LogP) is 0.426. The Kier molecular flexibility index (Phi) is 2.12. The standard InChI is InChI=1S/C4H6F3NO2/c5-4(6,7)10-3-1-8-9-2-3/h3,8H,1-2H2. The minimum Gasteiger partial charge on any atom is -0.299 e. The highest BCUT2D eigenvalue weighted by Crippen LogP contribution is 2.19. The van der Waals surface area contributed by atoms with Gasteiger partial charge in [-0.2, -0.15) is 5.48 Å². The summed E-state index contributed by atoms with van der Waals surface area (Å²) < 4.78 is 37.8. The van der Waals surface area contributed by atoms with E-state index in [9.17, 15) is 13.2 Å². The maximum Gasteiger partial charge on any atom is 0.522 e. The molecule has 0 bridgehead atoms. The van der Waals surface area contributed by atoms with Gasteiger partial charge in [0.25, 0.3) is 0 Å². The summed E-state index contributed by atoms with van der Waals surface area (Å²) in [4.78, 5) is 4.43. The number of hydroxylamine groups is 1. The molecule has 10 heavy (non-hydrogen) atoms. The lowest BCUT2D eigenvalue weighted by molar-refractivity contribution is -0.340. The van der Waals surface area contributed by atoms with E-state index in [1.54, 1.807) is 0 Å². The van der Waals surface area contributed by atoms with E-state index in [-0.39, 0.29) is 13.2 Å². The summed E-state index contributed by atoms with van der Waals surface area (Å²) in [6.45, 7) is 0.0268. The third-order valence-electron chi connectivity index (χ3n) is 0.983. The van der Waals surface area contributed by atoms with Crippen molar-refractivity contribution in [3.63, 3.8) is 0 Å². The first-order valence-corrected chi connectivity index (χ1v) is 2.67. The molecule has 1 heterocycles. The number of hydrogen-bond acceptors (Lipinski definition) is 3. The quantitative estimate of drug-likeness (QED) is 0.598. The van der Waals surface area contributed by atoms with Crippen molar-refractivity contribution in [3.05, 3.63) is 0 Å². The molecule has 0 aliphatic carbocycles. The monoisotopic (exact) mass is 157 g/mol. The van der Waals surface area contributed by atoms with Gasteiger partial charge in [-0.1, -0.05) is 0 Å². The molecule has 1 N–H and O–H groups in total. The fraction of sp³-hybridized carbons (Fsp3) is 1.00. The molecule has 1 saturated heterocycles. The average Bonchev–Trinajstić information content (AvgIpc) is 2.12. The Morgan fingerprint density at radius 2 is 2.20 bits per heavy atom. The molecule has 0 aromatic rings. The van der Waals surface area contributed by atoms with Gasteiger partial charge in [-0.3, -0.25) is 9.57 Å². The Bertz CT molecular complexity index is 110. The van der Waals surface area contributed by atoms with Crippen LogP contribution in [0.3, 0.4) is 0 Å². The fourth-order valence-corrected chi connectivity index (χ4v) is 0.627. The molecule has 0 radical (unpaired) electrons. The first-order chi connectivity index (χ1) is 4.58. The van der Waals surface area contributed by atoms with Gasteiger partial charge in [-0.25, -0.2) is 0 Å². The fourth-order valence-electron chi connectivity index (χ4n) is 0.627. The van der Waals surface area contributed by atoms with Crippen LogP contribution < -0.4 is 5.48 Å². The van der Waals surface area contributed by atoms with Crippen molar-refractivity contribution < 1.29 is 22.7 Å². The summed E-state index contributed by atoms with van der Waals surface area (Å²) in [6.07, 6.45) is -5.46. The van der Waals surface area contributed by atoms with E-state index >= 15 is 0 Å². The Labute approximate surface area is 55.1 Å². The highest BCUT2D eigenvalue weighted by Gasteiger charge is 2.35. The first-order valence-electron chi connectivity index (χ1n) is 2.67. The smallest absolute Gasteiger partial charge is 0.299 e. The van der Waals surface area contributed by atoms with Crippen molar-refractivity contribution in [2.24, 2.45) is 0 Å². The zero-order chi connectivity index (χ0) is 7.61. The molecular weight excluding hydrogens is 151 g/mol. The molecule has 1 aliphatic heterocycles. The second kappa shape index (κ2) is 2.73. The summed E-state index contributed by atoms with van der Waals surface area (Å²) in [7, 11) is 0. The van der Waals surface area contributed by atoms with Gasteiger partial charge in [0.15, 0.2) is 0 Å². The van der Waals surface area contributed by atoms with Crippen molar-refractivity contribution >= 4 is 0 Å². The van der Waals surface area contributed by atoms with Crippen molar-refractivity contribution in [2.45, 2.75) is 12.5 Å². The van der Waals surface area contributed by atoms with Gasteiger partial charge in [-0.15, -0.1) is 13.2 Å². The average molecular weight is 157 g/mol. The van der Waals surface area contributed by atoms with Crippen LogP contribution in [0, 0.1) is 0 Å². The minimum absolute atomic E-state index is 0.0560. The van der Waals surface area contributed by atoms with Crippen LogP contribution in [-0.2, 0) is 9.57 Å². The minimum atomic E-state index is -4.56. The van der Waals surface area contributed by atoms with Crippen molar-refractivity contribution in [2.75, 3.05) is 13.2 Å². The molecule has 6 heteroatoms. The molecule has 1 unspecified atom stereocenters. The number of hydrogen-bond donors (Lipinski definition) is 1. The molecule has 0 spiro atoms. The van der Waals surface area contributed by atoms with Gasteiger partial charge in [0, 0.05) is 0 Å². The van der Waals surface area contributed by atoms with Crippen LogP contribution in [0.1, 0.15) is 0 Å². The molecule has 60 valence electrons. The lowest BCUT2D eigenvalue weighted by Gasteiger charge is -2.10. The van der Waals surface area contributed by atoms with Gasteiger partial charge >= 0.3 is 6.36 Å². The van der Waals surface area contributed by atoms with Crippen LogP contribution in [0.15, 0.2) is 0 Å². The summed E-state index contributed by atoms with van der Waals surface area (Å²) in [5.41, 5.74) is 2.27. The molecule has 1 aliphatic rings. The van der Waals surface area contributed by atoms with Gasteiger partial charge in [-0.05, 0) is 0 Å². The van der Waals surface area contributed by atoms with Crippen LogP contribution in [0.4, 0.5) is 13.2 Å². The Morgan fingerprint density at radius 3 is 2.60 bits per heavy atom. The van der Waals surface area contributed by atoms with E-state index in [0.717, 1.165) is 0 Å². The number of rotatable bonds is 1. The summed E-state index contributed by atoms with van der Waals surface area (Å²) >= 11 is 0. The number of alkyl halides is 3. The topological polar surface area (TPSA) is 30.5 Å². The van der Waals surface area contributed by atoms with Gasteiger partial charge in [0.2, 0.25) is 0 Å². The summed E-state index contributed by atoms with van der Waals surface area (Å²) in [5, 5.41) is 0. The second-order valence-electron chi connectivity index (χ2n) is 1.85. The third-order valence-corrected chi connectivity index (χ3v) is 0.983. The van der Waals surface area contributed by atoms with E-state index in [4.69, 9.17) is 0 Å². The first kappa shape index (κ1) is 7.77. The predicted molar refractivity (Wildman–Crippen MR) is 24.9 cm³/mol. The molecule has 0 saturated carbocycles. The largest absolute Gasteiger partial charge is 0.522 e. The third kappa shape index (κ3) is 2.51. The Morgan fingerprint density at radius 1 is 1.50 bits per heavy atom. The molecule has 0 amide bonds. The summed E-state index contributed by atoms with van der Waals surface area (Å²) in [5.74, 6) is 0. The normalized spacial score (nSPS) is 27.3. The lowest BCUT2D eigenvalue weighted by Crippen LogP contribution is -2.27. The highest BCUT2D eigenvalue weighted by atomic mass is 19.4. The summed E-state index contributed by atoms with van der Waals surface area (Å²) in [6, 6.07) is 0. The molecule has 3 nitrogen and oxygen atoms in total. The van der Waals surface area contributed by atoms with E-state index in [2.05, 4.69) is 15.1 Å². The van der Waals surface area contributed by atoms with Crippen LogP contribution >= 0.6 is 0 Å². The lowest BCUT2D eigenvalue weighted by atomic mass is 10.4. The molecule has 1 atom stereocenters. The molecule has 0 aromatic carbocycles. The van der Waals surface area contributed by atoms with Gasteiger partial charge in [0.1, 0.15) is 6.10 Å². The molecule has 1 fully saturated rings. The number of halogens is 3.